The predicted octanol–water partition coefficient (Wildman–Crippen LogP) is 8.08. The van der Waals surface area contributed by atoms with Crippen molar-refractivity contribution in [2.24, 2.45) is 0 Å². The van der Waals surface area contributed by atoms with Gasteiger partial charge < -0.3 is 45.4 Å². The molecule has 0 radical (unpaired) electrons. The van der Waals surface area contributed by atoms with Crippen LogP contribution in [0.15, 0.2) is 24.3 Å². The zero-order chi connectivity index (χ0) is 40.4. The van der Waals surface area contributed by atoms with Gasteiger partial charge in [-0.25, -0.2) is 0 Å². The SMILES string of the molecule is CCCCCCC/C=C/CC/C=C/C(O)C(COC1OC(CO)C(O)C(O)C1O)NC(=O)C(O)CCCCCCCCCCCCCCCCCCCCC. The maximum absolute atomic E-state index is 13.0. The van der Waals surface area contributed by atoms with Crippen LogP contribution in [0.4, 0.5) is 0 Å². The molecule has 0 aromatic rings. The van der Waals surface area contributed by atoms with Crippen LogP contribution in [0.3, 0.4) is 0 Å². The third-order valence-electron chi connectivity index (χ3n) is 10.9. The quantitative estimate of drug-likeness (QED) is 0.0243. The molecule has 10 nitrogen and oxygen atoms in total. The van der Waals surface area contributed by atoms with E-state index >= 15 is 0 Å². The summed E-state index contributed by atoms with van der Waals surface area (Å²) in [6.45, 7) is 3.56. The largest absolute Gasteiger partial charge is 0.394 e. The van der Waals surface area contributed by atoms with Crippen LogP contribution in [0, 0.1) is 0 Å². The highest BCUT2D eigenvalue weighted by atomic mass is 16.7. The van der Waals surface area contributed by atoms with Crippen LogP contribution >= 0.6 is 0 Å². The highest BCUT2D eigenvalue weighted by Gasteiger charge is 2.44. The van der Waals surface area contributed by atoms with E-state index in [1.54, 1.807) is 6.08 Å². The second-order valence-electron chi connectivity index (χ2n) is 16.0. The zero-order valence-corrected chi connectivity index (χ0v) is 35.0. The molecule has 55 heavy (non-hydrogen) atoms. The fraction of sp³-hybridized carbons (Fsp3) is 0.889. The molecule has 324 valence electrons. The number of aliphatic hydroxyl groups is 6. The molecule has 1 saturated heterocycles. The Labute approximate surface area is 335 Å². The third kappa shape index (κ3) is 26.3. The molecule has 0 spiro atoms. The fourth-order valence-electron chi connectivity index (χ4n) is 7.12. The van der Waals surface area contributed by atoms with Gasteiger partial charge in [0.25, 0.3) is 0 Å². The number of carbonyl (C=O) groups excluding carboxylic acids is 1. The number of carbonyl (C=O) groups is 1. The van der Waals surface area contributed by atoms with E-state index in [1.165, 1.54) is 128 Å². The Hall–Kier alpha value is -1.37. The van der Waals surface area contributed by atoms with E-state index < -0.39 is 61.5 Å². The second kappa shape index (κ2) is 35.8. The van der Waals surface area contributed by atoms with E-state index in [0.717, 1.165) is 32.1 Å². The molecule has 1 fully saturated rings. The molecule has 0 aromatic heterocycles. The Morgan fingerprint density at radius 3 is 1.58 bits per heavy atom. The molecule has 0 aliphatic carbocycles. The topological polar surface area (TPSA) is 169 Å². The number of hydrogen-bond acceptors (Lipinski definition) is 9. The summed E-state index contributed by atoms with van der Waals surface area (Å²) >= 11 is 0. The first-order valence-corrected chi connectivity index (χ1v) is 22.7. The Balaban J connectivity index is 2.38. The van der Waals surface area contributed by atoms with E-state index in [4.69, 9.17) is 9.47 Å². The first kappa shape index (κ1) is 51.6. The first-order chi connectivity index (χ1) is 26.8. The van der Waals surface area contributed by atoms with Crippen LogP contribution in [0.2, 0.25) is 0 Å². The number of unbranched alkanes of at least 4 members (excludes halogenated alkanes) is 24. The van der Waals surface area contributed by atoms with Crippen molar-refractivity contribution >= 4 is 5.91 Å². The third-order valence-corrected chi connectivity index (χ3v) is 10.9. The van der Waals surface area contributed by atoms with Gasteiger partial charge in [0.1, 0.15) is 30.5 Å². The van der Waals surface area contributed by atoms with Gasteiger partial charge in [0.05, 0.1) is 25.4 Å². The van der Waals surface area contributed by atoms with E-state index in [0.29, 0.717) is 19.3 Å². The average molecular weight is 784 g/mol. The summed E-state index contributed by atoms with van der Waals surface area (Å²) < 4.78 is 11.1. The van der Waals surface area contributed by atoms with Crippen LogP contribution in [-0.2, 0) is 14.3 Å². The maximum atomic E-state index is 13.0. The smallest absolute Gasteiger partial charge is 0.249 e. The van der Waals surface area contributed by atoms with Gasteiger partial charge in [0.2, 0.25) is 5.91 Å². The van der Waals surface area contributed by atoms with Gasteiger partial charge in [-0.1, -0.05) is 186 Å². The summed E-state index contributed by atoms with van der Waals surface area (Å²) in [5.41, 5.74) is 0. The lowest BCUT2D eigenvalue weighted by atomic mass is 9.99. The Bertz CT molecular complexity index is 932. The minimum absolute atomic E-state index is 0.307. The lowest BCUT2D eigenvalue weighted by Gasteiger charge is -2.40. The minimum atomic E-state index is -1.61. The maximum Gasteiger partial charge on any atom is 0.249 e. The van der Waals surface area contributed by atoms with Gasteiger partial charge in [0.15, 0.2) is 6.29 Å². The van der Waals surface area contributed by atoms with Gasteiger partial charge in [-0.2, -0.15) is 0 Å². The first-order valence-electron chi connectivity index (χ1n) is 22.7. The van der Waals surface area contributed by atoms with Crippen molar-refractivity contribution in [3.63, 3.8) is 0 Å². The molecule has 10 heteroatoms. The van der Waals surface area contributed by atoms with Gasteiger partial charge in [-0.15, -0.1) is 0 Å². The van der Waals surface area contributed by atoms with Crippen molar-refractivity contribution in [3.8, 4) is 0 Å². The highest BCUT2D eigenvalue weighted by molar-refractivity contribution is 5.80. The molecule has 1 heterocycles. The number of rotatable bonds is 37. The lowest BCUT2D eigenvalue weighted by Crippen LogP contribution is -2.60. The fourth-order valence-corrected chi connectivity index (χ4v) is 7.12. The zero-order valence-electron chi connectivity index (χ0n) is 35.0. The van der Waals surface area contributed by atoms with E-state index in [9.17, 15) is 35.4 Å². The number of ether oxygens (including phenoxy) is 2. The van der Waals surface area contributed by atoms with Gasteiger partial charge in [-0.05, 0) is 32.1 Å². The molecule has 1 aliphatic heterocycles. The molecule has 0 bridgehead atoms. The Morgan fingerprint density at radius 1 is 0.618 bits per heavy atom. The molecule has 0 saturated carbocycles. The molecular formula is C45H85NO9. The summed E-state index contributed by atoms with van der Waals surface area (Å²) in [6, 6.07) is -0.991. The van der Waals surface area contributed by atoms with Crippen molar-refractivity contribution in [3.05, 3.63) is 24.3 Å². The summed E-state index contributed by atoms with van der Waals surface area (Å²) in [4.78, 5) is 13.0. The minimum Gasteiger partial charge on any atom is -0.394 e. The molecule has 7 N–H and O–H groups in total. The van der Waals surface area contributed by atoms with Crippen molar-refractivity contribution in [1.82, 2.24) is 5.32 Å². The highest BCUT2D eigenvalue weighted by Crippen LogP contribution is 2.23. The number of amides is 1. The van der Waals surface area contributed by atoms with Crippen molar-refractivity contribution in [2.45, 2.75) is 243 Å². The lowest BCUT2D eigenvalue weighted by molar-refractivity contribution is -0.302. The van der Waals surface area contributed by atoms with E-state index in [1.807, 2.05) is 6.08 Å². The monoisotopic (exact) mass is 784 g/mol. The van der Waals surface area contributed by atoms with E-state index in [2.05, 4.69) is 31.3 Å². The molecule has 1 amide bonds. The summed E-state index contributed by atoms with van der Waals surface area (Å²) in [5, 5.41) is 64.5. The summed E-state index contributed by atoms with van der Waals surface area (Å²) in [5.74, 6) is -0.626. The van der Waals surface area contributed by atoms with Crippen molar-refractivity contribution < 1.29 is 44.9 Å². The van der Waals surface area contributed by atoms with Crippen molar-refractivity contribution in [1.29, 1.82) is 0 Å². The molecule has 1 aliphatic rings. The molecule has 1 rings (SSSR count). The molecule has 0 aromatic carbocycles. The number of nitrogens with one attached hydrogen (secondary N) is 1. The van der Waals surface area contributed by atoms with Crippen LogP contribution in [0.25, 0.3) is 0 Å². The normalized spacial score (nSPS) is 22.1. The van der Waals surface area contributed by atoms with Crippen LogP contribution in [-0.4, -0.2) is 98.7 Å². The van der Waals surface area contributed by atoms with Crippen LogP contribution in [0.1, 0.15) is 194 Å². The van der Waals surface area contributed by atoms with E-state index in [-0.39, 0.29) is 6.61 Å². The average Bonchev–Trinajstić information content (AvgIpc) is 3.18. The Morgan fingerprint density at radius 2 is 1.07 bits per heavy atom. The van der Waals surface area contributed by atoms with Gasteiger partial charge >= 0.3 is 0 Å². The molecule has 8 atom stereocenters. The van der Waals surface area contributed by atoms with Gasteiger partial charge in [-0.3, -0.25) is 4.79 Å². The van der Waals surface area contributed by atoms with Crippen LogP contribution < -0.4 is 5.32 Å². The number of hydrogen-bond donors (Lipinski definition) is 7. The second-order valence-corrected chi connectivity index (χ2v) is 16.0. The molecule has 8 unspecified atom stereocenters. The number of allylic oxidation sites excluding steroid dienone is 3. The van der Waals surface area contributed by atoms with Crippen molar-refractivity contribution in [2.75, 3.05) is 13.2 Å². The molecular weight excluding hydrogens is 698 g/mol. The summed E-state index contributed by atoms with van der Waals surface area (Å²) in [6.07, 6.45) is 31.3. The van der Waals surface area contributed by atoms with Crippen LogP contribution in [0.5, 0.6) is 0 Å². The Kier molecular flexibility index (Phi) is 33.6. The summed E-state index contributed by atoms with van der Waals surface area (Å²) in [7, 11) is 0. The van der Waals surface area contributed by atoms with Gasteiger partial charge in [0, 0.05) is 0 Å². The number of aliphatic hydroxyl groups excluding tert-OH is 6. The standard InChI is InChI=1S/C45H85NO9/c1-3-5-7-9-11-13-15-16-17-18-19-20-21-22-24-26-28-30-32-34-39(49)44(53)46-37(36-54-45-43(52)42(51)41(50)40(35-47)55-45)38(48)33-31-29-27-25-23-14-12-10-8-6-4-2/h23,25,31,33,37-43,45,47-52H,3-22,24,26-30,32,34-36H2,1-2H3,(H,46,53)/b25-23+,33-31+. The predicted molar refractivity (Wildman–Crippen MR) is 223 cm³/mol.